The van der Waals surface area contributed by atoms with Crippen LogP contribution >= 0.6 is 11.6 Å². The van der Waals surface area contributed by atoms with E-state index in [1.165, 1.54) is 14.2 Å². The summed E-state index contributed by atoms with van der Waals surface area (Å²) in [6.45, 7) is 5.58. The van der Waals surface area contributed by atoms with Crippen molar-refractivity contribution in [3.05, 3.63) is 22.2 Å². The van der Waals surface area contributed by atoms with E-state index in [2.05, 4.69) is 0 Å². The van der Waals surface area contributed by atoms with Gasteiger partial charge in [-0.3, -0.25) is 4.79 Å². The SMILES string of the molecule is COc1c(Cl)cc(C(C)C(=O)O)c(C(C)C)c1OC. The number of aliphatic carboxylic acids is 1. The number of rotatable bonds is 5. The van der Waals surface area contributed by atoms with Gasteiger partial charge in [-0.1, -0.05) is 25.4 Å². The lowest BCUT2D eigenvalue weighted by molar-refractivity contribution is -0.138. The van der Waals surface area contributed by atoms with E-state index in [1.807, 2.05) is 13.8 Å². The van der Waals surface area contributed by atoms with Crippen LogP contribution in [0.5, 0.6) is 11.5 Å². The number of methoxy groups -OCH3 is 2. The third-order valence-electron chi connectivity index (χ3n) is 3.08. The van der Waals surface area contributed by atoms with Gasteiger partial charge < -0.3 is 14.6 Å². The molecule has 0 aliphatic heterocycles. The summed E-state index contributed by atoms with van der Waals surface area (Å²) in [5.74, 6) is -0.514. The Hall–Kier alpha value is -1.42. The minimum Gasteiger partial charge on any atom is -0.492 e. The van der Waals surface area contributed by atoms with Crippen LogP contribution < -0.4 is 9.47 Å². The van der Waals surface area contributed by atoms with E-state index in [4.69, 9.17) is 21.1 Å². The quantitative estimate of drug-likeness (QED) is 0.897. The molecule has 0 saturated heterocycles. The van der Waals surface area contributed by atoms with E-state index in [9.17, 15) is 9.90 Å². The second-order valence-electron chi connectivity index (χ2n) is 4.64. The Morgan fingerprint density at radius 3 is 2.11 bits per heavy atom. The van der Waals surface area contributed by atoms with Crippen LogP contribution in [0.25, 0.3) is 0 Å². The van der Waals surface area contributed by atoms with E-state index in [0.29, 0.717) is 22.1 Å². The lowest BCUT2D eigenvalue weighted by Crippen LogP contribution is -2.12. The van der Waals surface area contributed by atoms with Crippen molar-refractivity contribution in [3.63, 3.8) is 0 Å². The van der Waals surface area contributed by atoms with Gasteiger partial charge >= 0.3 is 5.97 Å². The maximum absolute atomic E-state index is 11.2. The Labute approximate surface area is 118 Å². The minimum atomic E-state index is -0.898. The second-order valence-corrected chi connectivity index (χ2v) is 5.05. The molecule has 5 heteroatoms. The molecule has 1 N–H and O–H groups in total. The van der Waals surface area contributed by atoms with Crippen molar-refractivity contribution < 1.29 is 19.4 Å². The molecule has 1 atom stereocenters. The number of hydrogen-bond acceptors (Lipinski definition) is 3. The summed E-state index contributed by atoms with van der Waals surface area (Å²) in [4.78, 5) is 11.2. The van der Waals surface area contributed by atoms with Gasteiger partial charge in [-0.15, -0.1) is 0 Å². The van der Waals surface area contributed by atoms with Gasteiger partial charge in [0, 0.05) is 5.56 Å². The van der Waals surface area contributed by atoms with Gasteiger partial charge in [0.15, 0.2) is 11.5 Å². The third-order valence-corrected chi connectivity index (χ3v) is 3.36. The summed E-state index contributed by atoms with van der Waals surface area (Å²) < 4.78 is 10.6. The molecule has 0 aromatic heterocycles. The molecule has 4 nitrogen and oxygen atoms in total. The largest absolute Gasteiger partial charge is 0.492 e. The van der Waals surface area contributed by atoms with Crippen molar-refractivity contribution in [1.82, 2.24) is 0 Å². The number of hydrogen-bond donors (Lipinski definition) is 1. The van der Waals surface area contributed by atoms with Gasteiger partial charge in [0.1, 0.15) is 0 Å². The smallest absolute Gasteiger partial charge is 0.310 e. The van der Waals surface area contributed by atoms with Gasteiger partial charge in [-0.2, -0.15) is 0 Å². The van der Waals surface area contributed by atoms with Crippen molar-refractivity contribution in [1.29, 1.82) is 0 Å². The molecule has 1 aromatic rings. The molecule has 0 heterocycles. The fourth-order valence-corrected chi connectivity index (χ4v) is 2.40. The molecule has 1 rings (SSSR count). The number of carbonyl (C=O) groups is 1. The lowest BCUT2D eigenvalue weighted by atomic mass is 9.88. The van der Waals surface area contributed by atoms with Crippen LogP contribution in [0, 0.1) is 0 Å². The molecular weight excluding hydrogens is 268 g/mol. The maximum atomic E-state index is 11.2. The van der Waals surface area contributed by atoms with Crippen molar-refractivity contribution >= 4 is 17.6 Å². The van der Waals surface area contributed by atoms with Crippen LogP contribution in [-0.2, 0) is 4.79 Å². The zero-order valence-electron chi connectivity index (χ0n) is 11.8. The van der Waals surface area contributed by atoms with Crippen LogP contribution in [0.15, 0.2) is 6.07 Å². The Balaban J connectivity index is 3.64. The first-order valence-corrected chi connectivity index (χ1v) is 6.39. The van der Waals surface area contributed by atoms with E-state index in [-0.39, 0.29) is 5.92 Å². The molecule has 0 fully saturated rings. The second kappa shape index (κ2) is 6.15. The van der Waals surface area contributed by atoms with Crippen LogP contribution in [-0.4, -0.2) is 25.3 Å². The Bertz CT molecular complexity index is 483. The standard InChI is InChI=1S/C14H19ClO4/c1-7(2)11-9(8(3)14(16)17)6-10(15)12(18-4)13(11)19-5/h6-8H,1-5H3,(H,16,17). The molecule has 0 aliphatic carbocycles. The van der Waals surface area contributed by atoms with Crippen molar-refractivity contribution in [3.8, 4) is 11.5 Å². The topological polar surface area (TPSA) is 55.8 Å². The predicted octanol–water partition coefficient (Wildman–Crippen LogP) is 3.67. The highest BCUT2D eigenvalue weighted by Gasteiger charge is 2.26. The van der Waals surface area contributed by atoms with E-state index in [1.54, 1.807) is 13.0 Å². The average Bonchev–Trinajstić information content (AvgIpc) is 2.35. The number of ether oxygens (including phenoxy) is 2. The monoisotopic (exact) mass is 286 g/mol. The molecular formula is C14H19ClO4. The van der Waals surface area contributed by atoms with Crippen LogP contribution in [0.4, 0.5) is 0 Å². The van der Waals surface area contributed by atoms with Gasteiger partial charge in [0.2, 0.25) is 0 Å². The summed E-state index contributed by atoms with van der Waals surface area (Å²) in [7, 11) is 3.03. The molecule has 1 unspecified atom stereocenters. The number of benzene rings is 1. The number of carboxylic acids is 1. The maximum Gasteiger partial charge on any atom is 0.310 e. The van der Waals surface area contributed by atoms with Gasteiger partial charge in [0.25, 0.3) is 0 Å². The lowest BCUT2D eigenvalue weighted by Gasteiger charge is -2.22. The Morgan fingerprint density at radius 1 is 1.21 bits per heavy atom. The molecule has 0 spiro atoms. The Kier molecular flexibility index (Phi) is 5.06. The number of carboxylic acid groups (broad SMARTS) is 1. The van der Waals surface area contributed by atoms with Gasteiger partial charge in [-0.05, 0) is 24.5 Å². The third kappa shape index (κ3) is 2.95. The molecule has 0 aliphatic rings. The van der Waals surface area contributed by atoms with Gasteiger partial charge in [-0.25, -0.2) is 0 Å². The summed E-state index contributed by atoms with van der Waals surface area (Å²) in [6.07, 6.45) is 0. The fourth-order valence-electron chi connectivity index (χ4n) is 2.12. The highest BCUT2D eigenvalue weighted by atomic mass is 35.5. The Morgan fingerprint density at radius 2 is 1.74 bits per heavy atom. The molecule has 106 valence electrons. The molecule has 1 aromatic carbocycles. The zero-order valence-corrected chi connectivity index (χ0v) is 12.5. The van der Waals surface area contributed by atoms with Gasteiger partial charge in [0.05, 0.1) is 25.2 Å². The molecule has 19 heavy (non-hydrogen) atoms. The van der Waals surface area contributed by atoms with Crippen molar-refractivity contribution in [2.45, 2.75) is 32.6 Å². The van der Waals surface area contributed by atoms with Crippen molar-refractivity contribution in [2.24, 2.45) is 0 Å². The molecule has 0 bridgehead atoms. The number of halogens is 1. The van der Waals surface area contributed by atoms with Crippen molar-refractivity contribution in [2.75, 3.05) is 14.2 Å². The summed E-state index contributed by atoms with van der Waals surface area (Å²) >= 11 is 6.14. The molecule has 0 saturated carbocycles. The van der Waals surface area contributed by atoms with Crippen LogP contribution in [0.1, 0.15) is 43.7 Å². The molecule has 0 amide bonds. The minimum absolute atomic E-state index is 0.0953. The summed E-state index contributed by atoms with van der Waals surface area (Å²) in [5.41, 5.74) is 1.48. The van der Waals surface area contributed by atoms with Crippen LogP contribution in [0.2, 0.25) is 5.02 Å². The average molecular weight is 287 g/mol. The van der Waals surface area contributed by atoms with Crippen LogP contribution in [0.3, 0.4) is 0 Å². The highest BCUT2D eigenvalue weighted by Crippen LogP contribution is 2.45. The normalized spacial score (nSPS) is 12.4. The first kappa shape index (κ1) is 15.6. The predicted molar refractivity (Wildman–Crippen MR) is 74.7 cm³/mol. The first-order valence-electron chi connectivity index (χ1n) is 6.02. The van der Waals surface area contributed by atoms with E-state index in [0.717, 1.165) is 5.56 Å². The molecule has 0 radical (unpaired) electrons. The highest BCUT2D eigenvalue weighted by molar-refractivity contribution is 6.32. The van der Waals surface area contributed by atoms with E-state index < -0.39 is 11.9 Å². The fraction of sp³-hybridized carbons (Fsp3) is 0.500. The zero-order chi connectivity index (χ0) is 14.7. The summed E-state index contributed by atoms with van der Waals surface area (Å²) in [6, 6.07) is 1.65. The first-order chi connectivity index (χ1) is 8.84. The van der Waals surface area contributed by atoms with E-state index >= 15 is 0 Å². The summed E-state index contributed by atoms with van der Waals surface area (Å²) in [5, 5.41) is 9.56.